The van der Waals surface area contributed by atoms with Crippen LogP contribution in [0.1, 0.15) is 11.8 Å². The van der Waals surface area contributed by atoms with Gasteiger partial charge in [0.2, 0.25) is 5.91 Å². The maximum absolute atomic E-state index is 13.5. The molecule has 176 valence electrons. The van der Waals surface area contributed by atoms with Gasteiger partial charge in [0.25, 0.3) is 5.56 Å². The molecule has 2 aromatic carbocycles. The molecule has 4 aromatic rings. The number of aromatic nitrogens is 2. The fraction of sp³-hybridized carbons (Fsp3) is 0.208. The van der Waals surface area contributed by atoms with Crippen molar-refractivity contribution in [1.29, 1.82) is 0 Å². The van der Waals surface area contributed by atoms with Crippen molar-refractivity contribution in [2.45, 2.75) is 19.9 Å². The number of carbonyl (C=O) groups excluding carboxylic acids is 1. The Hall–Kier alpha value is -3.56. The van der Waals surface area contributed by atoms with Crippen molar-refractivity contribution in [2.75, 3.05) is 19.5 Å². The molecule has 1 N–H and O–H groups in total. The molecule has 2 heterocycles. The summed E-state index contributed by atoms with van der Waals surface area (Å²) in [5.41, 5.74) is -0.349. The highest BCUT2D eigenvalue weighted by Crippen LogP contribution is 2.29. The van der Waals surface area contributed by atoms with Gasteiger partial charge in [-0.25, -0.2) is 9.36 Å². The molecular weight excluding hydrogens is 478 g/mol. The molecular formula is C24H22ClN3O5S. The van der Waals surface area contributed by atoms with Crippen LogP contribution >= 0.6 is 22.9 Å². The van der Waals surface area contributed by atoms with E-state index in [9.17, 15) is 14.4 Å². The lowest BCUT2D eigenvalue weighted by Gasteiger charge is -2.14. The molecule has 0 aliphatic rings. The third-order valence-electron chi connectivity index (χ3n) is 5.26. The Morgan fingerprint density at radius 1 is 1.09 bits per heavy atom. The molecule has 1 amide bonds. The summed E-state index contributed by atoms with van der Waals surface area (Å²) in [5, 5.41) is 3.53. The lowest BCUT2D eigenvalue weighted by molar-refractivity contribution is -0.116. The van der Waals surface area contributed by atoms with E-state index in [2.05, 4.69) is 5.32 Å². The standard InChI is InChI=1S/C24H22ClN3O5S/c1-4-17-12-18-22(30)28(15-7-5-6-14(25)10-15)24(31)27(23(18)34-17)13-21(29)26-19-11-16(32-2)8-9-20(19)33-3/h5-12H,4,13H2,1-3H3,(H,26,29). The zero-order valence-electron chi connectivity index (χ0n) is 18.8. The maximum atomic E-state index is 13.5. The van der Waals surface area contributed by atoms with Crippen molar-refractivity contribution < 1.29 is 14.3 Å². The molecule has 0 saturated carbocycles. The Morgan fingerprint density at radius 2 is 1.88 bits per heavy atom. The molecule has 10 heteroatoms. The smallest absolute Gasteiger partial charge is 0.337 e. The Kier molecular flexibility index (Phi) is 6.76. The minimum absolute atomic E-state index is 0.305. The molecule has 0 unspecified atom stereocenters. The molecule has 0 fully saturated rings. The van der Waals surface area contributed by atoms with Crippen LogP contribution in [0.15, 0.2) is 58.1 Å². The van der Waals surface area contributed by atoms with Crippen molar-refractivity contribution in [3.05, 3.63) is 79.3 Å². The summed E-state index contributed by atoms with van der Waals surface area (Å²) in [6.45, 7) is 1.66. The van der Waals surface area contributed by atoms with E-state index in [0.717, 1.165) is 9.44 Å². The van der Waals surface area contributed by atoms with E-state index in [-0.39, 0.29) is 6.54 Å². The average Bonchev–Trinajstić information content (AvgIpc) is 3.27. The van der Waals surface area contributed by atoms with Crippen LogP contribution in [-0.4, -0.2) is 29.3 Å². The van der Waals surface area contributed by atoms with E-state index in [0.29, 0.717) is 44.5 Å². The Labute approximate surface area is 203 Å². The number of aryl methyl sites for hydroxylation is 1. The van der Waals surface area contributed by atoms with Crippen LogP contribution in [0.4, 0.5) is 5.69 Å². The molecule has 0 atom stereocenters. The summed E-state index contributed by atoms with van der Waals surface area (Å²) in [5.74, 6) is 0.522. The SMILES string of the molecule is CCc1cc2c(=O)n(-c3cccc(Cl)c3)c(=O)n(CC(=O)Nc3cc(OC)ccc3OC)c2s1. The number of nitrogens with zero attached hydrogens (tertiary/aromatic N) is 2. The van der Waals surface area contributed by atoms with Gasteiger partial charge in [-0.05, 0) is 42.8 Å². The molecule has 2 aromatic heterocycles. The lowest BCUT2D eigenvalue weighted by Crippen LogP contribution is -2.40. The number of ether oxygens (including phenoxy) is 2. The van der Waals surface area contributed by atoms with Crippen LogP contribution in [0.2, 0.25) is 5.02 Å². The zero-order chi connectivity index (χ0) is 24.4. The predicted molar refractivity (Wildman–Crippen MR) is 134 cm³/mol. The first-order chi connectivity index (χ1) is 16.4. The topological polar surface area (TPSA) is 91.6 Å². The van der Waals surface area contributed by atoms with E-state index < -0.39 is 17.2 Å². The monoisotopic (exact) mass is 499 g/mol. The third-order valence-corrected chi connectivity index (χ3v) is 6.80. The van der Waals surface area contributed by atoms with Gasteiger partial charge in [-0.2, -0.15) is 0 Å². The normalized spacial score (nSPS) is 10.9. The van der Waals surface area contributed by atoms with E-state index >= 15 is 0 Å². The summed E-state index contributed by atoms with van der Waals surface area (Å²) in [6, 6.07) is 13.2. The molecule has 8 nitrogen and oxygen atoms in total. The van der Waals surface area contributed by atoms with Gasteiger partial charge >= 0.3 is 5.69 Å². The molecule has 0 bridgehead atoms. The van der Waals surface area contributed by atoms with Crippen LogP contribution in [0.25, 0.3) is 15.9 Å². The fourth-order valence-corrected chi connectivity index (χ4v) is 4.86. The van der Waals surface area contributed by atoms with Crippen LogP contribution in [0.5, 0.6) is 11.5 Å². The van der Waals surface area contributed by atoms with Gasteiger partial charge in [0, 0.05) is 16.0 Å². The van der Waals surface area contributed by atoms with E-state index in [1.165, 1.54) is 36.2 Å². The summed E-state index contributed by atoms with van der Waals surface area (Å²) >= 11 is 7.42. The minimum atomic E-state index is -0.628. The largest absolute Gasteiger partial charge is 0.497 e. The molecule has 0 aliphatic carbocycles. The molecule has 0 radical (unpaired) electrons. The van der Waals surface area contributed by atoms with Gasteiger partial charge in [0.1, 0.15) is 22.9 Å². The second kappa shape index (κ2) is 9.74. The first-order valence-corrected chi connectivity index (χ1v) is 11.6. The van der Waals surface area contributed by atoms with Gasteiger partial charge in [-0.15, -0.1) is 11.3 Å². The number of carbonyl (C=O) groups is 1. The van der Waals surface area contributed by atoms with Crippen molar-refractivity contribution in [3.8, 4) is 17.2 Å². The lowest BCUT2D eigenvalue weighted by atomic mass is 10.2. The quantitative estimate of drug-likeness (QED) is 0.413. The number of fused-ring (bicyclic) bond motifs is 1. The number of rotatable bonds is 7. The van der Waals surface area contributed by atoms with Gasteiger partial charge < -0.3 is 14.8 Å². The van der Waals surface area contributed by atoms with E-state index in [4.69, 9.17) is 21.1 Å². The number of methoxy groups -OCH3 is 2. The third kappa shape index (κ3) is 4.44. The summed E-state index contributed by atoms with van der Waals surface area (Å²) in [4.78, 5) is 41.2. The second-order valence-corrected chi connectivity index (χ2v) is 8.94. The number of nitrogens with one attached hydrogen (secondary N) is 1. The van der Waals surface area contributed by atoms with Gasteiger partial charge in [-0.1, -0.05) is 24.6 Å². The number of hydrogen-bond donors (Lipinski definition) is 1. The van der Waals surface area contributed by atoms with E-state index in [1.54, 1.807) is 42.5 Å². The average molecular weight is 500 g/mol. The van der Waals surface area contributed by atoms with Crippen LogP contribution in [0.3, 0.4) is 0 Å². The Bertz CT molecular complexity index is 1510. The van der Waals surface area contributed by atoms with Crippen molar-refractivity contribution in [3.63, 3.8) is 0 Å². The number of hydrogen-bond acceptors (Lipinski definition) is 6. The Balaban J connectivity index is 1.82. The maximum Gasteiger partial charge on any atom is 0.337 e. The van der Waals surface area contributed by atoms with Crippen LogP contribution in [0, 0.1) is 0 Å². The van der Waals surface area contributed by atoms with Crippen molar-refractivity contribution in [1.82, 2.24) is 9.13 Å². The summed E-state index contributed by atoms with van der Waals surface area (Å²) < 4.78 is 12.9. The number of amides is 1. The van der Waals surface area contributed by atoms with Gasteiger partial charge in [-0.3, -0.25) is 14.2 Å². The molecule has 0 saturated heterocycles. The molecule has 34 heavy (non-hydrogen) atoms. The first-order valence-electron chi connectivity index (χ1n) is 10.4. The van der Waals surface area contributed by atoms with E-state index in [1.807, 2.05) is 6.92 Å². The van der Waals surface area contributed by atoms with Crippen LogP contribution < -0.4 is 26.0 Å². The highest BCUT2D eigenvalue weighted by atomic mass is 35.5. The number of halogens is 1. The zero-order valence-corrected chi connectivity index (χ0v) is 20.3. The molecule has 4 rings (SSSR count). The highest BCUT2D eigenvalue weighted by molar-refractivity contribution is 7.18. The van der Waals surface area contributed by atoms with Crippen molar-refractivity contribution in [2.24, 2.45) is 0 Å². The highest BCUT2D eigenvalue weighted by Gasteiger charge is 2.20. The van der Waals surface area contributed by atoms with Gasteiger partial charge in [0.15, 0.2) is 0 Å². The first kappa shape index (κ1) is 23.6. The van der Waals surface area contributed by atoms with Crippen molar-refractivity contribution >= 4 is 44.7 Å². The summed E-state index contributed by atoms with van der Waals surface area (Å²) in [7, 11) is 3.01. The number of benzene rings is 2. The fourth-order valence-electron chi connectivity index (χ4n) is 3.60. The number of thiophene rings is 1. The number of anilines is 1. The van der Waals surface area contributed by atoms with Gasteiger partial charge in [0.05, 0.1) is 31.0 Å². The second-order valence-electron chi connectivity index (χ2n) is 7.39. The predicted octanol–water partition coefficient (Wildman–Crippen LogP) is 4.09. The Morgan fingerprint density at radius 3 is 2.56 bits per heavy atom. The molecule has 0 aliphatic heterocycles. The minimum Gasteiger partial charge on any atom is -0.497 e. The summed E-state index contributed by atoms with van der Waals surface area (Å²) in [6.07, 6.45) is 0.692. The molecule has 0 spiro atoms. The van der Waals surface area contributed by atoms with Crippen LogP contribution in [-0.2, 0) is 17.8 Å².